The van der Waals surface area contributed by atoms with Gasteiger partial charge in [0.15, 0.2) is 6.17 Å². The molecule has 156 valence electrons. The van der Waals surface area contributed by atoms with Gasteiger partial charge in [-0.1, -0.05) is 20.3 Å². The maximum Gasteiger partial charge on any atom is 0.255 e. The first-order valence-corrected chi connectivity index (χ1v) is 9.77. The molecule has 1 aliphatic heterocycles. The molecule has 2 aromatic rings. The van der Waals surface area contributed by atoms with Crippen LogP contribution in [-0.4, -0.2) is 42.7 Å². The molecule has 0 bridgehead atoms. The lowest BCUT2D eigenvalue weighted by atomic mass is 9.97. The molecule has 3 N–H and O–H groups in total. The summed E-state index contributed by atoms with van der Waals surface area (Å²) in [6.45, 7) is 3.99. The highest BCUT2D eigenvalue weighted by Gasteiger charge is 2.41. The van der Waals surface area contributed by atoms with Crippen LogP contribution in [0.25, 0.3) is 10.8 Å². The summed E-state index contributed by atoms with van der Waals surface area (Å²) in [5.74, 6) is -0.965. The largest absolute Gasteiger partial charge is 0.496 e. The Labute approximate surface area is 168 Å². The summed E-state index contributed by atoms with van der Waals surface area (Å²) in [4.78, 5) is 27.9. The number of carbonyl (C=O) groups is 2. The zero-order valence-electron chi connectivity index (χ0n) is 16.8. The van der Waals surface area contributed by atoms with Gasteiger partial charge in [-0.3, -0.25) is 9.59 Å². The van der Waals surface area contributed by atoms with Crippen LogP contribution in [0.4, 0.5) is 4.39 Å². The van der Waals surface area contributed by atoms with Crippen molar-refractivity contribution in [2.24, 2.45) is 11.7 Å². The van der Waals surface area contributed by atoms with Crippen molar-refractivity contribution >= 4 is 22.6 Å². The van der Waals surface area contributed by atoms with E-state index in [1.165, 1.54) is 7.11 Å². The van der Waals surface area contributed by atoms with Gasteiger partial charge in [-0.2, -0.15) is 0 Å². The first-order chi connectivity index (χ1) is 13.9. The maximum atomic E-state index is 14.0. The number of nitrogens with one attached hydrogen (secondary N) is 1. The van der Waals surface area contributed by atoms with Crippen LogP contribution in [0.3, 0.4) is 0 Å². The molecule has 0 saturated carbocycles. The number of nitrogens with zero attached hydrogens (tertiary/aromatic N) is 1. The van der Waals surface area contributed by atoms with Crippen molar-refractivity contribution in [1.29, 1.82) is 0 Å². The quantitative estimate of drug-likeness (QED) is 0.705. The second kappa shape index (κ2) is 8.63. The van der Waals surface area contributed by atoms with Gasteiger partial charge in [-0.15, -0.1) is 0 Å². The number of amides is 2. The van der Waals surface area contributed by atoms with Crippen molar-refractivity contribution in [3.05, 3.63) is 29.5 Å². The zero-order chi connectivity index (χ0) is 21.1. The number of rotatable bonds is 8. The predicted octanol–water partition coefficient (Wildman–Crippen LogP) is 2.54. The molecule has 2 heterocycles. The van der Waals surface area contributed by atoms with Crippen LogP contribution in [0.2, 0.25) is 0 Å². The van der Waals surface area contributed by atoms with Crippen molar-refractivity contribution in [2.45, 2.75) is 45.3 Å². The zero-order valence-corrected chi connectivity index (χ0v) is 16.8. The molecule has 3 atom stereocenters. The smallest absolute Gasteiger partial charge is 0.255 e. The number of hydrogen-bond donors (Lipinski definition) is 2. The minimum atomic E-state index is -1.52. The molecule has 0 spiro atoms. The molecule has 0 aliphatic carbocycles. The summed E-state index contributed by atoms with van der Waals surface area (Å²) in [6.07, 6.45) is 2.38. The van der Waals surface area contributed by atoms with E-state index in [1.807, 2.05) is 6.92 Å². The van der Waals surface area contributed by atoms with Crippen LogP contribution in [0, 0.1) is 5.92 Å². The summed E-state index contributed by atoms with van der Waals surface area (Å²) >= 11 is 0. The van der Waals surface area contributed by atoms with Crippen LogP contribution in [0.15, 0.2) is 18.3 Å². The molecule has 1 fully saturated rings. The Morgan fingerprint density at radius 2 is 2.07 bits per heavy atom. The molecule has 1 aromatic heterocycles. The van der Waals surface area contributed by atoms with E-state index in [0.29, 0.717) is 23.4 Å². The van der Waals surface area contributed by atoms with E-state index in [1.54, 1.807) is 18.3 Å². The average Bonchev–Trinajstić information content (AvgIpc) is 2.99. The fourth-order valence-corrected chi connectivity index (χ4v) is 3.84. The molecule has 0 radical (unpaired) electrons. The normalized spacial score (nSPS) is 21.2. The fraction of sp³-hybridized carbons (Fsp3) is 0.476. The van der Waals surface area contributed by atoms with Gasteiger partial charge in [-0.05, 0) is 35.9 Å². The number of primary amides is 1. The third-order valence-electron chi connectivity index (χ3n) is 5.38. The highest BCUT2D eigenvalue weighted by atomic mass is 19.1. The van der Waals surface area contributed by atoms with Crippen molar-refractivity contribution < 1.29 is 23.5 Å². The van der Waals surface area contributed by atoms with Crippen molar-refractivity contribution in [3.8, 4) is 11.6 Å². The predicted molar refractivity (Wildman–Crippen MR) is 107 cm³/mol. The topological polar surface area (TPSA) is 104 Å². The molecular formula is C21H26FN3O4. The summed E-state index contributed by atoms with van der Waals surface area (Å²) < 4.78 is 25.2. The Bertz CT molecular complexity index is 934. The number of methoxy groups -OCH3 is 1. The van der Waals surface area contributed by atoms with E-state index in [2.05, 4.69) is 17.2 Å². The Kier molecular flexibility index (Phi) is 6.20. The molecular weight excluding hydrogens is 377 g/mol. The second-order valence-corrected chi connectivity index (χ2v) is 7.20. The van der Waals surface area contributed by atoms with Crippen LogP contribution < -0.4 is 20.5 Å². The number of pyridine rings is 1. The highest BCUT2D eigenvalue weighted by Crippen LogP contribution is 2.34. The number of carbonyl (C=O) groups excluding carboxylic acids is 2. The number of ether oxygens (including phenoxy) is 2. The van der Waals surface area contributed by atoms with Gasteiger partial charge in [0.05, 0.1) is 18.7 Å². The number of benzene rings is 1. The summed E-state index contributed by atoms with van der Waals surface area (Å²) in [6, 6.07) is 2.95. The van der Waals surface area contributed by atoms with E-state index in [0.717, 1.165) is 23.8 Å². The summed E-state index contributed by atoms with van der Waals surface area (Å²) in [5, 5.41) is 4.12. The Morgan fingerprint density at radius 3 is 2.69 bits per heavy atom. The average molecular weight is 403 g/mol. The molecule has 7 nitrogen and oxygen atoms in total. The number of hydrogen-bond acceptors (Lipinski definition) is 5. The molecule has 1 saturated heterocycles. The van der Waals surface area contributed by atoms with Gasteiger partial charge in [0.1, 0.15) is 12.4 Å². The number of aryl methyl sites for hydroxylation is 1. The van der Waals surface area contributed by atoms with Crippen LogP contribution in [-0.2, 0) is 11.2 Å². The number of alkyl halides is 1. The minimum absolute atomic E-state index is 0.0970. The SMILES string of the molecule is CCCc1cnc(OC[C@H]2NC(=O)[C@@H](F)C2CC)c2cc(OC)c(C(N)=O)cc12. The first kappa shape index (κ1) is 20.8. The van der Waals surface area contributed by atoms with Crippen molar-refractivity contribution in [3.63, 3.8) is 0 Å². The number of halogens is 1. The number of aromatic nitrogens is 1. The van der Waals surface area contributed by atoms with E-state index in [4.69, 9.17) is 15.2 Å². The molecule has 1 unspecified atom stereocenters. The van der Waals surface area contributed by atoms with Gasteiger partial charge < -0.3 is 20.5 Å². The lowest BCUT2D eigenvalue weighted by molar-refractivity contribution is -0.123. The third kappa shape index (κ3) is 3.97. The highest BCUT2D eigenvalue weighted by molar-refractivity contribution is 6.02. The monoisotopic (exact) mass is 403 g/mol. The second-order valence-electron chi connectivity index (χ2n) is 7.20. The summed E-state index contributed by atoms with van der Waals surface area (Å²) in [7, 11) is 1.46. The van der Waals surface area contributed by atoms with Crippen LogP contribution in [0.5, 0.6) is 11.6 Å². The van der Waals surface area contributed by atoms with E-state index < -0.39 is 29.9 Å². The molecule has 29 heavy (non-hydrogen) atoms. The van der Waals surface area contributed by atoms with Crippen molar-refractivity contribution in [1.82, 2.24) is 10.3 Å². The van der Waals surface area contributed by atoms with Gasteiger partial charge in [0, 0.05) is 17.5 Å². The molecule has 1 aliphatic rings. The molecule has 1 aromatic carbocycles. The van der Waals surface area contributed by atoms with Gasteiger partial charge >= 0.3 is 0 Å². The lowest BCUT2D eigenvalue weighted by Gasteiger charge is -2.19. The number of nitrogens with two attached hydrogens (primary N) is 1. The Hall–Kier alpha value is -2.90. The minimum Gasteiger partial charge on any atom is -0.496 e. The van der Waals surface area contributed by atoms with Gasteiger partial charge in [0.2, 0.25) is 5.88 Å². The number of fused-ring (bicyclic) bond motifs is 1. The fourth-order valence-electron chi connectivity index (χ4n) is 3.84. The molecule has 3 rings (SSSR count). The van der Waals surface area contributed by atoms with E-state index >= 15 is 0 Å². The Balaban J connectivity index is 1.98. The molecule has 8 heteroatoms. The van der Waals surface area contributed by atoms with Crippen LogP contribution in [0.1, 0.15) is 42.6 Å². The van der Waals surface area contributed by atoms with Gasteiger partial charge in [0.25, 0.3) is 11.8 Å². The first-order valence-electron chi connectivity index (χ1n) is 9.77. The summed E-state index contributed by atoms with van der Waals surface area (Å²) in [5.41, 5.74) is 6.74. The maximum absolute atomic E-state index is 14.0. The standard InChI is InChI=1S/C21H26FN3O4/c1-4-6-11-9-24-21(29-10-16-12(5-2)18(22)20(27)25-16)14-8-17(28-3)15(19(23)26)7-13(11)14/h7-9,12,16,18H,4-6,10H2,1-3H3,(H2,23,26)(H,25,27)/t12?,16-,18+/m1/s1. The molecule has 2 amide bonds. The van der Waals surface area contributed by atoms with Crippen molar-refractivity contribution in [2.75, 3.05) is 13.7 Å². The Morgan fingerprint density at radius 1 is 1.31 bits per heavy atom. The lowest BCUT2D eigenvalue weighted by Crippen LogP contribution is -2.34. The van der Waals surface area contributed by atoms with E-state index in [-0.39, 0.29) is 12.2 Å². The van der Waals surface area contributed by atoms with Gasteiger partial charge in [-0.25, -0.2) is 9.37 Å². The third-order valence-corrected chi connectivity index (χ3v) is 5.38. The van der Waals surface area contributed by atoms with Crippen LogP contribution >= 0.6 is 0 Å². The van der Waals surface area contributed by atoms with E-state index in [9.17, 15) is 14.0 Å².